The lowest BCUT2D eigenvalue weighted by atomic mass is 10.1. The van der Waals surface area contributed by atoms with Gasteiger partial charge in [-0.1, -0.05) is 12.1 Å². The number of benzene rings is 2. The van der Waals surface area contributed by atoms with Gasteiger partial charge in [0.05, 0.1) is 30.8 Å². The Labute approximate surface area is 201 Å². The Hall–Kier alpha value is -2.66. The lowest BCUT2D eigenvalue weighted by Gasteiger charge is -2.36. The number of morpholine rings is 1. The number of methoxy groups -OCH3 is 1. The number of piperazine rings is 1. The van der Waals surface area contributed by atoms with Crippen molar-refractivity contribution in [2.45, 2.75) is 11.3 Å². The maximum atomic E-state index is 13.5. The number of carbonyl (C=O) groups is 1. The fourth-order valence-corrected chi connectivity index (χ4v) is 4.91. The van der Waals surface area contributed by atoms with E-state index in [-0.39, 0.29) is 10.8 Å². The van der Waals surface area contributed by atoms with Gasteiger partial charge in [0.25, 0.3) is 5.91 Å². The summed E-state index contributed by atoms with van der Waals surface area (Å²) in [5, 5.41) is 5.35. The zero-order chi connectivity index (χ0) is 24.1. The molecule has 2 aromatic carbocycles. The number of amides is 1. The standard InChI is InChI=1S/C24H32N4O5S/c1-32-20-4-2-19(3-5-20)8-9-26-10-12-28(13-11-26)24(29)22-18-21(34(25,30)31)6-7-23(22)27-14-16-33-17-15-27/h2-7,18H,8-17H2,1H3,(H2,25,30,31). The van der Waals surface area contributed by atoms with Crippen molar-refractivity contribution in [3.8, 4) is 5.75 Å². The summed E-state index contributed by atoms with van der Waals surface area (Å²) < 4.78 is 34.5. The first-order chi connectivity index (χ1) is 16.3. The number of sulfonamides is 1. The van der Waals surface area contributed by atoms with Gasteiger partial charge >= 0.3 is 0 Å². The Balaban J connectivity index is 1.42. The second-order valence-electron chi connectivity index (χ2n) is 8.56. The lowest BCUT2D eigenvalue weighted by Crippen LogP contribution is -2.49. The van der Waals surface area contributed by atoms with E-state index in [9.17, 15) is 13.2 Å². The molecule has 2 N–H and O–H groups in total. The highest BCUT2D eigenvalue weighted by atomic mass is 32.2. The third-order valence-corrected chi connectivity index (χ3v) is 7.32. The number of rotatable bonds is 7. The van der Waals surface area contributed by atoms with E-state index in [0.29, 0.717) is 45.0 Å². The Morgan fingerprint density at radius 3 is 2.29 bits per heavy atom. The van der Waals surface area contributed by atoms with Crippen LogP contribution in [0.5, 0.6) is 5.75 Å². The lowest BCUT2D eigenvalue weighted by molar-refractivity contribution is 0.0638. The number of carbonyl (C=O) groups excluding carboxylic acids is 1. The van der Waals surface area contributed by atoms with Gasteiger partial charge in [-0.15, -0.1) is 0 Å². The van der Waals surface area contributed by atoms with Crippen LogP contribution >= 0.6 is 0 Å². The molecule has 0 spiro atoms. The summed E-state index contributed by atoms with van der Waals surface area (Å²) in [7, 11) is -2.26. The summed E-state index contributed by atoms with van der Waals surface area (Å²) >= 11 is 0. The molecule has 34 heavy (non-hydrogen) atoms. The molecule has 2 aliphatic rings. The van der Waals surface area contributed by atoms with E-state index in [4.69, 9.17) is 14.6 Å². The molecule has 2 saturated heterocycles. The fourth-order valence-electron chi connectivity index (χ4n) is 4.37. The molecule has 4 rings (SSSR count). The number of hydrogen-bond donors (Lipinski definition) is 1. The van der Waals surface area contributed by atoms with Crippen LogP contribution in [0, 0.1) is 0 Å². The van der Waals surface area contributed by atoms with Gasteiger partial charge in [0.2, 0.25) is 10.0 Å². The second kappa shape index (κ2) is 10.7. The van der Waals surface area contributed by atoms with Crippen LogP contribution in [0.15, 0.2) is 47.4 Å². The molecule has 184 valence electrons. The average Bonchev–Trinajstić information content (AvgIpc) is 2.87. The molecule has 0 radical (unpaired) electrons. The molecule has 0 unspecified atom stereocenters. The minimum atomic E-state index is -3.91. The number of hydrogen-bond acceptors (Lipinski definition) is 7. The van der Waals surface area contributed by atoms with Crippen molar-refractivity contribution in [3.63, 3.8) is 0 Å². The molecule has 2 aliphatic heterocycles. The van der Waals surface area contributed by atoms with E-state index in [0.717, 1.165) is 37.5 Å². The molecule has 1 amide bonds. The molecular formula is C24H32N4O5S. The van der Waals surface area contributed by atoms with Crippen LogP contribution in [-0.2, 0) is 21.2 Å². The topological polar surface area (TPSA) is 105 Å². The first-order valence-corrected chi connectivity index (χ1v) is 13.0. The summed E-state index contributed by atoms with van der Waals surface area (Å²) in [6, 6.07) is 12.6. The molecule has 10 heteroatoms. The van der Waals surface area contributed by atoms with Crippen LogP contribution in [0.4, 0.5) is 5.69 Å². The van der Waals surface area contributed by atoms with Crippen molar-refractivity contribution < 1.29 is 22.7 Å². The Kier molecular flexibility index (Phi) is 7.72. The zero-order valence-corrected chi connectivity index (χ0v) is 20.3. The highest BCUT2D eigenvalue weighted by molar-refractivity contribution is 7.89. The number of ether oxygens (including phenoxy) is 2. The Bertz CT molecular complexity index is 1090. The van der Waals surface area contributed by atoms with Crippen LogP contribution in [-0.4, -0.2) is 90.3 Å². The Morgan fingerprint density at radius 2 is 1.68 bits per heavy atom. The number of nitrogens with two attached hydrogens (primary N) is 1. The number of primary sulfonamides is 1. The van der Waals surface area contributed by atoms with Crippen LogP contribution < -0.4 is 14.8 Å². The van der Waals surface area contributed by atoms with E-state index < -0.39 is 10.0 Å². The SMILES string of the molecule is COc1ccc(CCN2CCN(C(=O)c3cc(S(N)(=O)=O)ccc3N3CCOCC3)CC2)cc1. The fraction of sp³-hybridized carbons (Fsp3) is 0.458. The first-order valence-electron chi connectivity index (χ1n) is 11.5. The van der Waals surface area contributed by atoms with E-state index >= 15 is 0 Å². The van der Waals surface area contributed by atoms with Gasteiger partial charge in [-0.25, -0.2) is 13.6 Å². The summed E-state index contributed by atoms with van der Waals surface area (Å²) in [6.07, 6.45) is 0.926. The maximum absolute atomic E-state index is 13.5. The van der Waals surface area contributed by atoms with Gasteiger partial charge in [-0.3, -0.25) is 9.69 Å². The van der Waals surface area contributed by atoms with Crippen molar-refractivity contribution in [1.82, 2.24) is 9.80 Å². The van der Waals surface area contributed by atoms with Crippen LogP contribution in [0.2, 0.25) is 0 Å². The molecule has 2 heterocycles. The smallest absolute Gasteiger partial charge is 0.256 e. The van der Waals surface area contributed by atoms with Crippen LogP contribution in [0.3, 0.4) is 0 Å². The molecule has 9 nitrogen and oxygen atoms in total. The van der Waals surface area contributed by atoms with Gasteiger partial charge in [-0.2, -0.15) is 0 Å². The summed E-state index contributed by atoms with van der Waals surface area (Å²) in [4.78, 5) is 19.7. The van der Waals surface area contributed by atoms with Gasteiger partial charge in [0.15, 0.2) is 0 Å². The number of anilines is 1. The quantitative estimate of drug-likeness (QED) is 0.624. The van der Waals surface area contributed by atoms with E-state index in [2.05, 4.69) is 21.9 Å². The monoisotopic (exact) mass is 488 g/mol. The summed E-state index contributed by atoms with van der Waals surface area (Å²) in [6.45, 7) is 6.05. The first kappa shape index (κ1) is 24.5. The summed E-state index contributed by atoms with van der Waals surface area (Å²) in [5.74, 6) is 0.681. The van der Waals surface area contributed by atoms with Crippen molar-refractivity contribution in [2.24, 2.45) is 5.14 Å². The van der Waals surface area contributed by atoms with Gasteiger partial charge in [-0.05, 0) is 42.3 Å². The maximum Gasteiger partial charge on any atom is 0.256 e. The molecule has 2 aromatic rings. The zero-order valence-electron chi connectivity index (χ0n) is 19.5. The van der Waals surface area contributed by atoms with Crippen molar-refractivity contribution in [2.75, 3.05) is 71.0 Å². The second-order valence-corrected chi connectivity index (χ2v) is 10.1. The Morgan fingerprint density at radius 1 is 1.00 bits per heavy atom. The molecule has 0 atom stereocenters. The molecule has 0 saturated carbocycles. The summed E-state index contributed by atoms with van der Waals surface area (Å²) in [5.41, 5.74) is 2.34. The highest BCUT2D eigenvalue weighted by Crippen LogP contribution is 2.26. The van der Waals surface area contributed by atoms with E-state index in [1.165, 1.54) is 17.7 Å². The van der Waals surface area contributed by atoms with Gasteiger partial charge in [0, 0.05) is 51.5 Å². The average molecular weight is 489 g/mol. The number of nitrogens with zero attached hydrogens (tertiary/aromatic N) is 3. The minimum Gasteiger partial charge on any atom is -0.497 e. The highest BCUT2D eigenvalue weighted by Gasteiger charge is 2.27. The van der Waals surface area contributed by atoms with Crippen molar-refractivity contribution in [1.29, 1.82) is 0 Å². The minimum absolute atomic E-state index is 0.0500. The molecule has 0 bridgehead atoms. The molecule has 2 fully saturated rings. The van der Waals surface area contributed by atoms with Gasteiger partial charge in [0.1, 0.15) is 5.75 Å². The van der Waals surface area contributed by atoms with E-state index in [1.54, 1.807) is 18.1 Å². The largest absolute Gasteiger partial charge is 0.497 e. The molecule has 0 aromatic heterocycles. The van der Waals surface area contributed by atoms with Crippen molar-refractivity contribution in [3.05, 3.63) is 53.6 Å². The third kappa shape index (κ3) is 5.87. The van der Waals surface area contributed by atoms with E-state index in [1.807, 2.05) is 12.1 Å². The van der Waals surface area contributed by atoms with Crippen LogP contribution in [0.25, 0.3) is 0 Å². The predicted molar refractivity (Wildman–Crippen MR) is 130 cm³/mol. The third-order valence-electron chi connectivity index (χ3n) is 6.41. The normalized spacial score (nSPS) is 17.6. The van der Waals surface area contributed by atoms with Gasteiger partial charge < -0.3 is 19.3 Å². The van der Waals surface area contributed by atoms with Crippen molar-refractivity contribution >= 4 is 21.6 Å². The predicted octanol–water partition coefficient (Wildman–Crippen LogP) is 1.18. The molecular weight excluding hydrogens is 456 g/mol. The van der Waals surface area contributed by atoms with Crippen LogP contribution in [0.1, 0.15) is 15.9 Å². The molecule has 0 aliphatic carbocycles.